The fraction of sp³-hybridized carbons (Fsp3) is 0.765. The van der Waals surface area contributed by atoms with Crippen molar-refractivity contribution in [3.8, 4) is 0 Å². The maximum atomic E-state index is 4.58. The molecule has 3 rings (SSSR count). The molecule has 1 aromatic rings. The first-order valence-corrected chi connectivity index (χ1v) is 8.63. The van der Waals surface area contributed by atoms with Gasteiger partial charge in [-0.2, -0.15) is 0 Å². The van der Waals surface area contributed by atoms with Crippen LogP contribution in [0.1, 0.15) is 58.1 Å². The molecule has 1 aromatic heterocycles. The molecule has 0 amide bonds. The van der Waals surface area contributed by atoms with E-state index in [0.717, 1.165) is 37.3 Å². The van der Waals surface area contributed by atoms with Gasteiger partial charge in [0.25, 0.3) is 0 Å². The molecular weight excluding hydrogens is 260 g/mol. The monoisotopic (exact) mass is 288 g/mol. The lowest BCUT2D eigenvalue weighted by Crippen LogP contribution is -2.49. The second-order valence-corrected chi connectivity index (χ2v) is 6.57. The average molecular weight is 288 g/mol. The second-order valence-electron chi connectivity index (χ2n) is 6.57. The van der Waals surface area contributed by atoms with Gasteiger partial charge in [0.15, 0.2) is 0 Å². The third-order valence-electron chi connectivity index (χ3n) is 4.86. The summed E-state index contributed by atoms with van der Waals surface area (Å²) in [6, 6.07) is 4.31. The van der Waals surface area contributed by atoms with Crippen molar-refractivity contribution >= 4 is 5.82 Å². The molecule has 2 unspecified atom stereocenters. The molecule has 0 aliphatic carbocycles. The number of nitrogens with zero attached hydrogens (tertiary/aromatic N) is 3. The van der Waals surface area contributed by atoms with Gasteiger partial charge in [0, 0.05) is 36.4 Å². The van der Waals surface area contributed by atoms with Gasteiger partial charge in [-0.05, 0) is 38.5 Å². The van der Waals surface area contributed by atoms with Crippen LogP contribution in [0, 0.1) is 0 Å². The lowest BCUT2D eigenvalue weighted by Gasteiger charge is -2.38. The Morgan fingerprint density at radius 2 is 1.90 bits per heavy atom. The van der Waals surface area contributed by atoms with E-state index in [1.165, 1.54) is 37.8 Å². The number of aryl methyl sites for hydroxylation is 1. The Kier molecular flexibility index (Phi) is 4.73. The van der Waals surface area contributed by atoms with Gasteiger partial charge >= 0.3 is 0 Å². The molecule has 1 N–H and O–H groups in total. The summed E-state index contributed by atoms with van der Waals surface area (Å²) < 4.78 is 0. The predicted octanol–water partition coefficient (Wildman–Crippen LogP) is 2.93. The van der Waals surface area contributed by atoms with Crippen LogP contribution in [-0.2, 0) is 6.42 Å². The quantitative estimate of drug-likeness (QED) is 0.874. The van der Waals surface area contributed by atoms with Crippen LogP contribution in [0.4, 0.5) is 5.82 Å². The van der Waals surface area contributed by atoms with E-state index in [1.54, 1.807) is 6.33 Å². The van der Waals surface area contributed by atoms with Gasteiger partial charge in [-0.1, -0.05) is 20.3 Å². The number of aromatic nitrogens is 2. The number of fused-ring (bicyclic) bond motifs is 2. The van der Waals surface area contributed by atoms with Crippen LogP contribution in [0.3, 0.4) is 0 Å². The minimum Gasteiger partial charge on any atom is -0.353 e. The summed E-state index contributed by atoms with van der Waals surface area (Å²) in [6.45, 7) is 5.57. The molecule has 2 fully saturated rings. The van der Waals surface area contributed by atoms with Crippen LogP contribution in [0.15, 0.2) is 12.4 Å². The van der Waals surface area contributed by atoms with Crippen LogP contribution in [0.2, 0.25) is 0 Å². The Labute approximate surface area is 128 Å². The normalized spacial score (nSPS) is 27.8. The topological polar surface area (TPSA) is 41.0 Å². The third kappa shape index (κ3) is 3.37. The number of hydrogen-bond donors (Lipinski definition) is 1. The van der Waals surface area contributed by atoms with Crippen LogP contribution in [-0.4, -0.2) is 34.6 Å². The molecule has 2 aliphatic rings. The first-order valence-electron chi connectivity index (χ1n) is 8.63. The Morgan fingerprint density at radius 1 is 1.14 bits per heavy atom. The first-order chi connectivity index (χ1) is 10.3. The standard InChI is InChI=1S/C17H28N4/c1-3-5-13-11-17(19-12-18-13)21(8-4-2)16-9-14-6-7-15(10-16)20-14/h11-12,14-16,20H,3-10H2,1-2H3. The van der Waals surface area contributed by atoms with Crippen molar-refractivity contribution in [2.45, 2.75) is 76.9 Å². The van der Waals surface area contributed by atoms with E-state index in [0.29, 0.717) is 6.04 Å². The van der Waals surface area contributed by atoms with Gasteiger partial charge in [0.2, 0.25) is 0 Å². The Morgan fingerprint density at radius 3 is 2.57 bits per heavy atom. The van der Waals surface area contributed by atoms with Crippen molar-refractivity contribution in [3.05, 3.63) is 18.1 Å². The summed E-state index contributed by atoms with van der Waals surface area (Å²) in [4.78, 5) is 11.5. The number of rotatable bonds is 6. The smallest absolute Gasteiger partial charge is 0.132 e. The van der Waals surface area contributed by atoms with Gasteiger partial charge in [0.1, 0.15) is 12.1 Å². The summed E-state index contributed by atoms with van der Waals surface area (Å²) in [6.07, 6.45) is 10.4. The molecule has 2 saturated heterocycles. The van der Waals surface area contributed by atoms with Crippen molar-refractivity contribution in [1.29, 1.82) is 0 Å². The lowest BCUT2D eigenvalue weighted by molar-refractivity contribution is 0.345. The Bertz CT molecular complexity index is 450. The SMILES string of the molecule is CCCc1cc(N(CCC)C2CC3CCC(C2)N3)ncn1. The first kappa shape index (κ1) is 14.8. The highest BCUT2D eigenvalue weighted by molar-refractivity contribution is 5.41. The van der Waals surface area contributed by atoms with Crippen LogP contribution >= 0.6 is 0 Å². The molecule has 0 radical (unpaired) electrons. The average Bonchev–Trinajstić information content (AvgIpc) is 2.84. The van der Waals surface area contributed by atoms with E-state index in [9.17, 15) is 0 Å². The number of anilines is 1. The van der Waals surface area contributed by atoms with Crippen LogP contribution in [0.25, 0.3) is 0 Å². The highest BCUT2D eigenvalue weighted by atomic mass is 15.2. The Balaban J connectivity index is 1.78. The van der Waals surface area contributed by atoms with Crippen LogP contribution in [0.5, 0.6) is 0 Å². The minimum absolute atomic E-state index is 0.646. The second kappa shape index (κ2) is 6.73. The zero-order valence-electron chi connectivity index (χ0n) is 13.4. The molecule has 4 nitrogen and oxygen atoms in total. The number of nitrogens with one attached hydrogen (secondary N) is 1. The number of hydrogen-bond acceptors (Lipinski definition) is 4. The third-order valence-corrected chi connectivity index (χ3v) is 4.86. The highest BCUT2D eigenvalue weighted by Crippen LogP contribution is 2.31. The van der Waals surface area contributed by atoms with Gasteiger partial charge in [-0.15, -0.1) is 0 Å². The molecule has 21 heavy (non-hydrogen) atoms. The summed E-state index contributed by atoms with van der Waals surface area (Å²) in [7, 11) is 0. The molecule has 0 spiro atoms. The summed E-state index contributed by atoms with van der Waals surface area (Å²) in [5.74, 6) is 1.14. The van der Waals surface area contributed by atoms with Gasteiger partial charge in [-0.3, -0.25) is 0 Å². The zero-order valence-corrected chi connectivity index (χ0v) is 13.4. The van der Waals surface area contributed by atoms with Crippen molar-refractivity contribution < 1.29 is 0 Å². The lowest BCUT2D eigenvalue weighted by atomic mass is 9.98. The van der Waals surface area contributed by atoms with E-state index in [1.807, 2.05) is 0 Å². The molecule has 116 valence electrons. The van der Waals surface area contributed by atoms with Crippen molar-refractivity contribution in [3.63, 3.8) is 0 Å². The summed E-state index contributed by atoms with van der Waals surface area (Å²) in [5, 5.41) is 3.74. The predicted molar refractivity (Wildman–Crippen MR) is 86.6 cm³/mol. The molecule has 0 aromatic carbocycles. The maximum absolute atomic E-state index is 4.58. The molecule has 0 saturated carbocycles. The van der Waals surface area contributed by atoms with Gasteiger partial charge < -0.3 is 10.2 Å². The molecule has 2 bridgehead atoms. The van der Waals surface area contributed by atoms with E-state index in [2.05, 4.69) is 40.1 Å². The minimum atomic E-state index is 0.646. The Hall–Kier alpha value is -1.16. The van der Waals surface area contributed by atoms with Gasteiger partial charge in [-0.25, -0.2) is 9.97 Å². The van der Waals surface area contributed by atoms with E-state index < -0.39 is 0 Å². The molecular formula is C17H28N4. The van der Waals surface area contributed by atoms with Crippen molar-refractivity contribution in [1.82, 2.24) is 15.3 Å². The zero-order chi connectivity index (χ0) is 14.7. The fourth-order valence-electron chi connectivity index (χ4n) is 3.94. The summed E-state index contributed by atoms with van der Waals surface area (Å²) >= 11 is 0. The number of piperidine rings is 1. The van der Waals surface area contributed by atoms with Crippen molar-refractivity contribution in [2.75, 3.05) is 11.4 Å². The van der Waals surface area contributed by atoms with Gasteiger partial charge in [0.05, 0.1) is 0 Å². The van der Waals surface area contributed by atoms with E-state index in [4.69, 9.17) is 0 Å². The fourth-order valence-corrected chi connectivity index (χ4v) is 3.94. The summed E-state index contributed by atoms with van der Waals surface area (Å²) in [5.41, 5.74) is 1.18. The molecule has 4 heteroatoms. The largest absolute Gasteiger partial charge is 0.353 e. The van der Waals surface area contributed by atoms with Crippen molar-refractivity contribution in [2.24, 2.45) is 0 Å². The molecule has 3 heterocycles. The van der Waals surface area contributed by atoms with E-state index in [-0.39, 0.29) is 0 Å². The molecule has 2 atom stereocenters. The molecule has 2 aliphatic heterocycles. The highest BCUT2D eigenvalue weighted by Gasteiger charge is 2.36. The van der Waals surface area contributed by atoms with E-state index >= 15 is 0 Å². The maximum Gasteiger partial charge on any atom is 0.132 e. The van der Waals surface area contributed by atoms with Crippen LogP contribution < -0.4 is 10.2 Å².